The monoisotopic (exact) mass is 486 g/mol. The minimum Gasteiger partial charge on any atom is 0 e. The minimum absolute atomic E-state index is 0. The Morgan fingerprint density at radius 2 is 0.800 bits per heavy atom. The quantitative estimate of drug-likeness (QED) is 0.354. The van der Waals surface area contributed by atoms with Crippen molar-refractivity contribution >= 4 is 100 Å². The first-order valence-electron chi connectivity index (χ1n) is 0. The molecule has 5 heteroatoms. The second-order valence-electron chi connectivity index (χ2n) is 0. The Kier molecular flexibility index (Phi) is 224. The van der Waals surface area contributed by atoms with E-state index in [1.54, 1.807) is 0 Å². The number of hydrogen-bond donors (Lipinski definition) is 0. The normalized spacial score (nSPS) is 0. The smallest absolute Gasteiger partial charge is 0 e. The molecule has 0 unspecified atom stereocenters. The van der Waals surface area contributed by atoms with Gasteiger partial charge in [-0.25, -0.2) is 0 Å². The predicted molar refractivity (Wildman–Crippen MR) is 28.8 cm³/mol. The third-order valence-electron chi connectivity index (χ3n) is 0. The van der Waals surface area contributed by atoms with E-state index in [1.807, 2.05) is 0 Å². The average molecular weight is 482 g/mol. The van der Waals surface area contributed by atoms with Gasteiger partial charge in [-0.1, -0.05) is 0 Å². The molecule has 5 heavy (non-hydrogen) atoms. The third-order valence-corrected chi connectivity index (χ3v) is 0. The SMILES string of the molecule is [As].[Sb].[Se].[Se].[Te]. The van der Waals surface area contributed by atoms with Gasteiger partial charge in [0.25, 0.3) is 0 Å². The van der Waals surface area contributed by atoms with Crippen molar-refractivity contribution in [1.29, 1.82) is 0 Å². The molecule has 0 aliphatic carbocycles. The zero-order valence-corrected chi connectivity index (χ0v) is 12.3. The second kappa shape index (κ2) is 27.0. The van der Waals surface area contributed by atoms with Crippen LogP contribution < -0.4 is 0 Å². The van der Waals surface area contributed by atoms with Crippen LogP contribution in [0.4, 0.5) is 0 Å². The van der Waals surface area contributed by atoms with Gasteiger partial charge in [-0.2, -0.15) is 0 Å². The van der Waals surface area contributed by atoms with Gasteiger partial charge in [0, 0.05) is 100 Å². The van der Waals surface area contributed by atoms with E-state index in [4.69, 9.17) is 0 Å². The molecule has 12 radical (unpaired) electrons. The van der Waals surface area contributed by atoms with Crippen molar-refractivity contribution in [2.45, 2.75) is 0 Å². The summed E-state index contributed by atoms with van der Waals surface area (Å²) in [4.78, 5) is 0. The molecule has 0 spiro atoms. The van der Waals surface area contributed by atoms with E-state index >= 15 is 0 Å². The van der Waals surface area contributed by atoms with Crippen molar-refractivity contribution in [3.05, 3.63) is 0 Å². The molecule has 0 N–H and O–H groups in total. The molecule has 0 rings (SSSR count). The van der Waals surface area contributed by atoms with Crippen LogP contribution in [0.1, 0.15) is 0 Å². The maximum Gasteiger partial charge on any atom is 0 e. The van der Waals surface area contributed by atoms with Gasteiger partial charge in [0.2, 0.25) is 0 Å². The topological polar surface area (TPSA) is 0 Å². The first kappa shape index (κ1) is 41.5. The Balaban J connectivity index is 0. The van der Waals surface area contributed by atoms with Crippen molar-refractivity contribution in [2.24, 2.45) is 0 Å². The molecule has 0 aromatic rings. The van der Waals surface area contributed by atoms with Gasteiger partial charge >= 0.3 is 0 Å². The van der Waals surface area contributed by atoms with Crippen LogP contribution in [-0.2, 0) is 0 Å². The molecule has 0 bridgehead atoms. The van der Waals surface area contributed by atoms with Gasteiger partial charge < -0.3 is 0 Å². The van der Waals surface area contributed by atoms with Crippen LogP contribution in [0.3, 0.4) is 0 Å². The largest absolute Gasteiger partial charge is 0 e. The average Bonchev–Trinajstić information content (AvgIpc) is 0. The Morgan fingerprint density at radius 3 is 0.800 bits per heavy atom. The van der Waals surface area contributed by atoms with E-state index < -0.39 is 0 Å². The van der Waals surface area contributed by atoms with Crippen LogP contribution in [0.5, 0.6) is 0 Å². The fourth-order valence-electron chi connectivity index (χ4n) is 0. The molecule has 0 nitrogen and oxygen atoms in total. The maximum absolute atomic E-state index is 0. The molecule has 28 valence electrons. The molecule has 0 atom stereocenters. The zero-order chi connectivity index (χ0) is 0. The summed E-state index contributed by atoms with van der Waals surface area (Å²) in [6.07, 6.45) is 0. The zero-order valence-electron chi connectivity index (χ0n) is 2.12. The van der Waals surface area contributed by atoms with Gasteiger partial charge in [-0.15, -0.1) is 0 Å². The van der Waals surface area contributed by atoms with E-state index in [9.17, 15) is 0 Å². The Bertz CT molecular complexity index is 9.61. The van der Waals surface area contributed by atoms with E-state index in [0.29, 0.717) is 0 Å². The molecule has 0 amide bonds. The van der Waals surface area contributed by atoms with Crippen molar-refractivity contribution in [3.8, 4) is 0 Å². The maximum atomic E-state index is 0. The molecule has 0 saturated carbocycles. The molecular formula is AsSbSe2Te. The summed E-state index contributed by atoms with van der Waals surface area (Å²) in [5.41, 5.74) is 0. The van der Waals surface area contributed by atoms with Crippen molar-refractivity contribution in [2.75, 3.05) is 0 Å². The summed E-state index contributed by atoms with van der Waals surface area (Å²) < 4.78 is 0. The van der Waals surface area contributed by atoms with Crippen molar-refractivity contribution < 1.29 is 0 Å². The second-order valence-corrected chi connectivity index (χ2v) is 0. The summed E-state index contributed by atoms with van der Waals surface area (Å²) in [5, 5.41) is 0. The summed E-state index contributed by atoms with van der Waals surface area (Å²) in [7, 11) is 0. The molecule has 0 saturated heterocycles. The van der Waals surface area contributed by atoms with Gasteiger partial charge in [0.1, 0.15) is 0 Å². The van der Waals surface area contributed by atoms with Gasteiger partial charge in [0.15, 0.2) is 0 Å². The van der Waals surface area contributed by atoms with E-state index in [2.05, 4.69) is 0 Å². The summed E-state index contributed by atoms with van der Waals surface area (Å²) in [5.74, 6) is 0. The van der Waals surface area contributed by atoms with Crippen LogP contribution in [-0.4, -0.2) is 100 Å². The Labute approximate surface area is 98.4 Å². The van der Waals surface area contributed by atoms with E-state index in [-0.39, 0.29) is 100 Å². The number of rotatable bonds is 0. The molecule has 0 fully saturated rings. The van der Waals surface area contributed by atoms with Crippen LogP contribution in [0, 0.1) is 0 Å². The third kappa shape index (κ3) is 19.0. The van der Waals surface area contributed by atoms with Crippen LogP contribution in [0.15, 0.2) is 0 Å². The van der Waals surface area contributed by atoms with Crippen LogP contribution in [0.25, 0.3) is 0 Å². The first-order chi connectivity index (χ1) is 0. The molecule has 0 aliphatic heterocycles. The van der Waals surface area contributed by atoms with Crippen molar-refractivity contribution in [3.63, 3.8) is 0 Å². The molecule has 0 heterocycles. The van der Waals surface area contributed by atoms with E-state index in [1.165, 1.54) is 0 Å². The van der Waals surface area contributed by atoms with E-state index in [0.717, 1.165) is 0 Å². The molecule has 0 aromatic heterocycles. The first-order valence-corrected chi connectivity index (χ1v) is 0. The number of hydrogen-bond acceptors (Lipinski definition) is 0. The Hall–Kier alpha value is 3.21. The van der Waals surface area contributed by atoms with Gasteiger partial charge in [-0.05, 0) is 0 Å². The molecule has 0 aliphatic rings. The summed E-state index contributed by atoms with van der Waals surface area (Å²) in [6.45, 7) is 0. The minimum atomic E-state index is 0. The fraction of sp³-hybridized carbons (Fsp3) is 0. The molecular weight excluding hydrogens is 482 g/mol. The van der Waals surface area contributed by atoms with Crippen LogP contribution in [0.2, 0.25) is 0 Å². The van der Waals surface area contributed by atoms with Crippen LogP contribution >= 0.6 is 0 Å². The fourth-order valence-corrected chi connectivity index (χ4v) is 0. The predicted octanol–water partition coefficient (Wildman–Crippen LogP) is -1.90. The van der Waals surface area contributed by atoms with Gasteiger partial charge in [-0.3, -0.25) is 0 Å². The molecule has 0 aromatic carbocycles. The van der Waals surface area contributed by atoms with Gasteiger partial charge in [0.05, 0.1) is 0 Å². The van der Waals surface area contributed by atoms with Crippen molar-refractivity contribution in [1.82, 2.24) is 0 Å². The standard InChI is InChI=1S/As.Sb.2Se.Te. The summed E-state index contributed by atoms with van der Waals surface area (Å²) >= 11 is 0. The Morgan fingerprint density at radius 1 is 0.800 bits per heavy atom. The summed E-state index contributed by atoms with van der Waals surface area (Å²) in [6, 6.07) is 0.